The summed E-state index contributed by atoms with van der Waals surface area (Å²) >= 11 is 0. The zero-order chi connectivity index (χ0) is 13.5. The van der Waals surface area contributed by atoms with Crippen molar-refractivity contribution in [3.05, 3.63) is 0 Å². The molecule has 0 bridgehead atoms. The van der Waals surface area contributed by atoms with Gasteiger partial charge in [-0.15, -0.1) is 0 Å². The molecule has 5 heteroatoms. The summed E-state index contributed by atoms with van der Waals surface area (Å²) in [6, 6.07) is 0. The van der Waals surface area contributed by atoms with E-state index in [4.69, 9.17) is 13.3 Å². The molecule has 4 nitrogen and oxygen atoms in total. The topological polar surface area (TPSA) is 30.9 Å². The Bertz CT molecular complexity index is 115. The molecule has 0 aromatic carbocycles. The molecule has 0 amide bonds. The van der Waals surface area contributed by atoms with Gasteiger partial charge in [0.2, 0.25) is 0 Å². The van der Waals surface area contributed by atoms with Crippen molar-refractivity contribution >= 4 is 9.53 Å². The lowest BCUT2D eigenvalue weighted by Gasteiger charge is -2.15. The standard InChI is InChI=1S/C9H22O3Si.C3H9N/c1-4-7-10-13(11-8-5-2)12-9-6-3;1-4(2)3/h13H,4-9H2,1-3H3;1-3H3. The molecule has 0 spiro atoms. The van der Waals surface area contributed by atoms with Crippen molar-refractivity contribution in [2.45, 2.75) is 40.0 Å². The Kier molecular flexibility index (Phi) is 18.3. The summed E-state index contributed by atoms with van der Waals surface area (Å²) in [5, 5.41) is 0. The van der Waals surface area contributed by atoms with Crippen molar-refractivity contribution in [1.29, 1.82) is 0 Å². The minimum atomic E-state index is -1.79. The number of rotatable bonds is 9. The highest BCUT2D eigenvalue weighted by molar-refractivity contribution is 6.36. The van der Waals surface area contributed by atoms with Gasteiger partial charge < -0.3 is 18.2 Å². The van der Waals surface area contributed by atoms with Crippen molar-refractivity contribution in [2.75, 3.05) is 41.0 Å². The lowest BCUT2D eigenvalue weighted by molar-refractivity contribution is 0.0933. The molecule has 0 aliphatic rings. The second-order valence-electron chi connectivity index (χ2n) is 4.24. The molecule has 17 heavy (non-hydrogen) atoms. The van der Waals surface area contributed by atoms with E-state index >= 15 is 0 Å². The van der Waals surface area contributed by atoms with Gasteiger partial charge >= 0.3 is 9.53 Å². The van der Waals surface area contributed by atoms with Crippen LogP contribution in [-0.2, 0) is 13.3 Å². The van der Waals surface area contributed by atoms with Crippen molar-refractivity contribution in [2.24, 2.45) is 0 Å². The van der Waals surface area contributed by atoms with Crippen molar-refractivity contribution < 1.29 is 13.3 Å². The molecule has 0 fully saturated rings. The molecule has 0 aromatic rings. The van der Waals surface area contributed by atoms with Crippen LogP contribution in [0.5, 0.6) is 0 Å². The van der Waals surface area contributed by atoms with Gasteiger partial charge in [0.15, 0.2) is 0 Å². The van der Waals surface area contributed by atoms with Crippen LogP contribution in [0.3, 0.4) is 0 Å². The van der Waals surface area contributed by atoms with Crippen LogP contribution in [0.4, 0.5) is 0 Å². The minimum Gasteiger partial charge on any atom is -0.376 e. The van der Waals surface area contributed by atoms with Crippen LogP contribution < -0.4 is 0 Å². The number of hydrogen-bond acceptors (Lipinski definition) is 4. The molecular weight excluding hydrogens is 234 g/mol. The number of nitrogens with zero attached hydrogens (tertiary/aromatic N) is 1. The fourth-order valence-electron chi connectivity index (χ4n) is 0.787. The molecule has 0 atom stereocenters. The lowest BCUT2D eigenvalue weighted by atomic mass is 10.5. The highest BCUT2D eigenvalue weighted by Crippen LogP contribution is 1.96. The highest BCUT2D eigenvalue weighted by Gasteiger charge is 2.13. The van der Waals surface area contributed by atoms with Crippen molar-refractivity contribution in [3.8, 4) is 0 Å². The van der Waals surface area contributed by atoms with Gasteiger partial charge in [-0.1, -0.05) is 20.8 Å². The SMILES string of the molecule is CCCO[SiH](OCCC)OCCC.CN(C)C. The summed E-state index contributed by atoms with van der Waals surface area (Å²) in [5.41, 5.74) is 0. The summed E-state index contributed by atoms with van der Waals surface area (Å²) in [7, 11) is 4.21. The van der Waals surface area contributed by atoms with E-state index in [-0.39, 0.29) is 0 Å². The summed E-state index contributed by atoms with van der Waals surface area (Å²) in [4.78, 5) is 2.00. The molecule has 0 rings (SSSR count). The Morgan fingerprint density at radius 3 is 1.12 bits per heavy atom. The van der Waals surface area contributed by atoms with Crippen LogP contribution in [-0.4, -0.2) is 55.4 Å². The first-order valence-electron chi connectivity index (χ1n) is 6.54. The van der Waals surface area contributed by atoms with Gasteiger partial charge in [-0.25, -0.2) is 0 Å². The van der Waals surface area contributed by atoms with Crippen molar-refractivity contribution in [1.82, 2.24) is 4.90 Å². The normalized spacial score (nSPS) is 10.6. The van der Waals surface area contributed by atoms with E-state index in [1.807, 2.05) is 26.0 Å². The maximum Gasteiger partial charge on any atom is 0.484 e. The van der Waals surface area contributed by atoms with E-state index in [0.29, 0.717) is 0 Å². The van der Waals surface area contributed by atoms with Gasteiger partial charge in [0.1, 0.15) is 0 Å². The van der Waals surface area contributed by atoms with Crippen LogP contribution >= 0.6 is 0 Å². The summed E-state index contributed by atoms with van der Waals surface area (Å²) in [6.07, 6.45) is 3.07. The molecule has 0 N–H and O–H groups in total. The molecule has 0 unspecified atom stereocenters. The van der Waals surface area contributed by atoms with Crippen LogP contribution in [0.25, 0.3) is 0 Å². The summed E-state index contributed by atoms with van der Waals surface area (Å²) in [6.45, 7) is 8.53. The Hall–Kier alpha value is 0.0569. The molecule has 0 saturated heterocycles. The van der Waals surface area contributed by atoms with E-state index < -0.39 is 9.53 Å². The first-order valence-corrected chi connectivity index (χ1v) is 7.95. The molecule has 0 aliphatic carbocycles. The predicted octanol–water partition coefficient (Wildman–Crippen LogP) is 2.16. The van der Waals surface area contributed by atoms with Crippen LogP contribution in [0.1, 0.15) is 40.0 Å². The quantitative estimate of drug-likeness (QED) is 0.598. The largest absolute Gasteiger partial charge is 0.484 e. The van der Waals surface area contributed by atoms with Crippen LogP contribution in [0.2, 0.25) is 0 Å². The zero-order valence-electron chi connectivity index (χ0n) is 12.5. The smallest absolute Gasteiger partial charge is 0.376 e. The number of hydrogen-bond donors (Lipinski definition) is 0. The Labute approximate surface area is 109 Å². The Morgan fingerprint density at radius 1 is 0.706 bits per heavy atom. The van der Waals surface area contributed by atoms with Gasteiger partial charge in [-0.2, -0.15) is 0 Å². The first-order chi connectivity index (χ1) is 8.08. The second kappa shape index (κ2) is 16.1. The summed E-state index contributed by atoms with van der Waals surface area (Å²) < 4.78 is 16.5. The third kappa shape index (κ3) is 21.8. The van der Waals surface area contributed by atoms with Gasteiger partial charge in [0.05, 0.1) is 0 Å². The van der Waals surface area contributed by atoms with Gasteiger partial charge in [-0.3, -0.25) is 0 Å². The van der Waals surface area contributed by atoms with E-state index in [0.717, 1.165) is 39.1 Å². The molecule has 106 valence electrons. The van der Waals surface area contributed by atoms with Crippen molar-refractivity contribution in [3.63, 3.8) is 0 Å². The van der Waals surface area contributed by atoms with Crippen LogP contribution in [0, 0.1) is 0 Å². The van der Waals surface area contributed by atoms with E-state index in [9.17, 15) is 0 Å². The van der Waals surface area contributed by atoms with Gasteiger partial charge in [-0.05, 0) is 40.4 Å². The third-order valence-corrected chi connectivity index (χ3v) is 2.90. The fourth-order valence-corrected chi connectivity index (χ4v) is 2.36. The van der Waals surface area contributed by atoms with E-state index in [1.54, 1.807) is 0 Å². The molecule has 0 saturated carbocycles. The molecule has 0 aliphatic heterocycles. The predicted molar refractivity (Wildman–Crippen MR) is 75.5 cm³/mol. The lowest BCUT2D eigenvalue weighted by Crippen LogP contribution is -2.28. The Balaban J connectivity index is 0. The maximum atomic E-state index is 5.49. The second-order valence-corrected chi connectivity index (χ2v) is 5.82. The van der Waals surface area contributed by atoms with E-state index in [2.05, 4.69) is 20.8 Å². The van der Waals surface area contributed by atoms with E-state index in [1.165, 1.54) is 0 Å². The first kappa shape index (κ1) is 19.4. The Morgan fingerprint density at radius 2 is 0.941 bits per heavy atom. The third-order valence-electron chi connectivity index (χ3n) is 1.37. The molecule has 0 heterocycles. The average Bonchev–Trinajstić information content (AvgIpc) is 2.27. The average molecular weight is 265 g/mol. The monoisotopic (exact) mass is 265 g/mol. The molecular formula is C12H31NO3Si. The molecule has 0 aromatic heterocycles. The van der Waals surface area contributed by atoms with Crippen LogP contribution in [0.15, 0.2) is 0 Å². The molecule has 0 radical (unpaired) electrons. The zero-order valence-corrected chi connectivity index (χ0v) is 13.6. The highest BCUT2D eigenvalue weighted by atomic mass is 28.3. The van der Waals surface area contributed by atoms with Gasteiger partial charge in [0.25, 0.3) is 0 Å². The fraction of sp³-hybridized carbons (Fsp3) is 1.00. The summed E-state index contributed by atoms with van der Waals surface area (Å²) in [5.74, 6) is 0. The maximum absolute atomic E-state index is 5.49. The minimum absolute atomic E-state index is 0.754. The van der Waals surface area contributed by atoms with Gasteiger partial charge in [0, 0.05) is 19.8 Å².